The van der Waals surface area contributed by atoms with Crippen LogP contribution in [-0.4, -0.2) is 25.8 Å². The van der Waals surface area contributed by atoms with Crippen molar-refractivity contribution in [3.63, 3.8) is 0 Å². The van der Waals surface area contributed by atoms with Gasteiger partial charge < -0.3 is 5.11 Å². The molecule has 0 amide bonds. The Bertz CT molecular complexity index is 476. The average molecular weight is 234 g/mol. The van der Waals surface area contributed by atoms with E-state index in [9.17, 15) is 9.90 Å². The van der Waals surface area contributed by atoms with Gasteiger partial charge in [-0.15, -0.1) is 5.10 Å². The van der Waals surface area contributed by atoms with Gasteiger partial charge in [0.25, 0.3) is 5.82 Å². The molecule has 0 aromatic carbocycles. The smallest absolute Gasteiger partial charge is 0.331 e. The maximum atomic E-state index is 11.5. The van der Waals surface area contributed by atoms with Crippen molar-refractivity contribution >= 4 is 5.97 Å². The fraction of sp³-hybridized carbons (Fsp3) is 0.636. The Morgan fingerprint density at radius 3 is 3.06 bits per heavy atom. The molecule has 0 bridgehead atoms. The minimum absolute atomic E-state index is 0.0175. The minimum Gasteiger partial charge on any atom is -0.479 e. The van der Waals surface area contributed by atoms with Crippen LogP contribution < -0.4 is 0 Å². The lowest BCUT2D eigenvalue weighted by atomic mass is 9.76. The Morgan fingerprint density at radius 1 is 1.76 bits per heavy atom. The van der Waals surface area contributed by atoms with Crippen molar-refractivity contribution in [2.75, 3.05) is 0 Å². The van der Waals surface area contributed by atoms with E-state index in [0.717, 1.165) is 12.8 Å². The monoisotopic (exact) mass is 234 g/mol. The van der Waals surface area contributed by atoms with Gasteiger partial charge in [-0.2, -0.15) is 5.26 Å². The molecule has 1 heterocycles. The van der Waals surface area contributed by atoms with E-state index in [-0.39, 0.29) is 5.82 Å². The summed E-state index contributed by atoms with van der Waals surface area (Å²) < 4.78 is 1.35. The number of rotatable bonds is 2. The third-order valence-corrected chi connectivity index (χ3v) is 3.40. The second-order valence-electron chi connectivity index (χ2n) is 4.66. The molecule has 2 atom stereocenters. The molecule has 1 aliphatic rings. The van der Waals surface area contributed by atoms with Gasteiger partial charge in [0, 0.05) is 0 Å². The fourth-order valence-corrected chi connectivity index (χ4v) is 2.54. The molecule has 6 heteroatoms. The van der Waals surface area contributed by atoms with Crippen LogP contribution in [0.2, 0.25) is 0 Å². The zero-order valence-electron chi connectivity index (χ0n) is 9.63. The summed E-state index contributed by atoms with van der Waals surface area (Å²) in [6, 6.07) is 1.82. The first-order chi connectivity index (χ1) is 8.08. The number of hydrogen-bond acceptors (Lipinski definition) is 4. The molecule has 1 aromatic heterocycles. The van der Waals surface area contributed by atoms with E-state index in [1.165, 1.54) is 11.0 Å². The number of hydrogen-bond donors (Lipinski definition) is 1. The molecule has 6 nitrogen and oxygen atoms in total. The zero-order chi connectivity index (χ0) is 12.5. The van der Waals surface area contributed by atoms with Gasteiger partial charge in [0.15, 0.2) is 5.54 Å². The van der Waals surface area contributed by atoms with Gasteiger partial charge in [0.1, 0.15) is 12.4 Å². The topological polar surface area (TPSA) is 91.8 Å². The maximum absolute atomic E-state index is 11.5. The molecule has 17 heavy (non-hydrogen) atoms. The summed E-state index contributed by atoms with van der Waals surface area (Å²) in [6.07, 6.45) is 4.33. The minimum atomic E-state index is -1.03. The molecule has 1 N–H and O–H groups in total. The summed E-state index contributed by atoms with van der Waals surface area (Å²) in [5, 5.41) is 22.1. The largest absolute Gasteiger partial charge is 0.479 e. The predicted molar refractivity (Wildman–Crippen MR) is 58.0 cm³/mol. The number of nitriles is 1. The highest BCUT2D eigenvalue weighted by molar-refractivity contribution is 5.76. The lowest BCUT2D eigenvalue weighted by Crippen LogP contribution is -2.45. The van der Waals surface area contributed by atoms with Gasteiger partial charge in [0.05, 0.1) is 0 Å². The van der Waals surface area contributed by atoms with Crippen LogP contribution in [0.1, 0.15) is 38.4 Å². The second-order valence-corrected chi connectivity index (χ2v) is 4.66. The van der Waals surface area contributed by atoms with Crippen molar-refractivity contribution in [2.24, 2.45) is 5.92 Å². The van der Waals surface area contributed by atoms with Crippen LogP contribution in [0.25, 0.3) is 0 Å². The molecule has 0 saturated heterocycles. The molecular formula is C11H14N4O2. The Hall–Kier alpha value is -1.90. The lowest BCUT2D eigenvalue weighted by molar-refractivity contribution is -0.151. The summed E-state index contributed by atoms with van der Waals surface area (Å²) >= 11 is 0. The van der Waals surface area contributed by atoms with E-state index in [2.05, 4.69) is 10.1 Å². The fourth-order valence-electron chi connectivity index (χ4n) is 2.54. The van der Waals surface area contributed by atoms with Crippen LogP contribution in [0.15, 0.2) is 6.33 Å². The third-order valence-electron chi connectivity index (χ3n) is 3.40. The first kappa shape index (κ1) is 11.6. The van der Waals surface area contributed by atoms with Gasteiger partial charge in [-0.05, 0) is 18.8 Å². The van der Waals surface area contributed by atoms with Crippen LogP contribution in [0, 0.1) is 17.2 Å². The highest BCUT2D eigenvalue weighted by Gasteiger charge is 2.44. The number of carboxylic acids is 1. The highest BCUT2D eigenvalue weighted by Crippen LogP contribution is 2.37. The van der Waals surface area contributed by atoms with E-state index in [1.54, 1.807) is 0 Å². The molecular weight excluding hydrogens is 220 g/mol. The Kier molecular flexibility index (Phi) is 2.84. The van der Waals surface area contributed by atoms with E-state index in [0.29, 0.717) is 18.8 Å². The van der Waals surface area contributed by atoms with Crippen molar-refractivity contribution < 1.29 is 9.90 Å². The van der Waals surface area contributed by atoms with Crippen LogP contribution >= 0.6 is 0 Å². The van der Waals surface area contributed by atoms with Gasteiger partial charge in [-0.3, -0.25) is 0 Å². The highest BCUT2D eigenvalue weighted by atomic mass is 16.4. The summed E-state index contributed by atoms with van der Waals surface area (Å²) in [5.41, 5.74) is -1.03. The van der Waals surface area contributed by atoms with E-state index in [4.69, 9.17) is 5.26 Å². The van der Waals surface area contributed by atoms with E-state index in [1.807, 2.05) is 13.0 Å². The number of aliphatic carboxylic acids is 1. The number of carbonyl (C=O) groups is 1. The van der Waals surface area contributed by atoms with Gasteiger partial charge in [0.2, 0.25) is 0 Å². The summed E-state index contributed by atoms with van der Waals surface area (Å²) in [7, 11) is 0. The Labute approximate surface area is 98.9 Å². The molecule has 1 saturated carbocycles. The van der Waals surface area contributed by atoms with Crippen molar-refractivity contribution in [1.29, 1.82) is 5.26 Å². The van der Waals surface area contributed by atoms with E-state index < -0.39 is 11.5 Å². The van der Waals surface area contributed by atoms with Crippen molar-refractivity contribution in [2.45, 2.75) is 38.1 Å². The summed E-state index contributed by atoms with van der Waals surface area (Å²) in [4.78, 5) is 15.3. The molecule has 0 spiro atoms. The van der Waals surface area contributed by atoms with Crippen molar-refractivity contribution in [3.05, 3.63) is 12.2 Å². The lowest BCUT2D eigenvalue weighted by Gasteiger charge is -2.36. The van der Waals surface area contributed by atoms with Gasteiger partial charge >= 0.3 is 5.97 Å². The maximum Gasteiger partial charge on any atom is 0.331 e. The molecule has 0 aliphatic heterocycles. The number of nitrogens with zero attached hydrogens (tertiary/aromatic N) is 4. The quantitative estimate of drug-likeness (QED) is 0.828. The predicted octanol–water partition coefficient (Wildman–Crippen LogP) is 1.14. The molecule has 2 rings (SSSR count). The molecule has 1 aliphatic carbocycles. The normalized spacial score (nSPS) is 28.6. The van der Waals surface area contributed by atoms with Crippen molar-refractivity contribution in [3.8, 4) is 6.07 Å². The summed E-state index contributed by atoms with van der Waals surface area (Å²) in [5.74, 6) is -0.531. The number of aromatic nitrogens is 3. The third kappa shape index (κ3) is 1.88. The number of carboxylic acid groups (broad SMARTS) is 1. The average Bonchev–Trinajstić information content (AvgIpc) is 2.77. The molecule has 2 unspecified atom stereocenters. The van der Waals surface area contributed by atoms with Crippen LogP contribution in [0.3, 0.4) is 0 Å². The van der Waals surface area contributed by atoms with Crippen LogP contribution in [0.5, 0.6) is 0 Å². The first-order valence-corrected chi connectivity index (χ1v) is 5.64. The molecule has 1 aromatic rings. The molecule has 0 radical (unpaired) electrons. The van der Waals surface area contributed by atoms with Gasteiger partial charge in [-0.1, -0.05) is 19.8 Å². The Balaban J connectivity index is 2.40. The molecule has 90 valence electrons. The summed E-state index contributed by atoms with van der Waals surface area (Å²) in [6.45, 7) is 2.04. The first-order valence-electron chi connectivity index (χ1n) is 5.64. The van der Waals surface area contributed by atoms with Crippen LogP contribution in [0.4, 0.5) is 0 Å². The SMILES string of the molecule is CC1CCCC(C(=O)O)(n2cnc(C#N)n2)C1. The van der Waals surface area contributed by atoms with Gasteiger partial charge in [-0.25, -0.2) is 14.5 Å². The van der Waals surface area contributed by atoms with Crippen LogP contribution in [-0.2, 0) is 10.3 Å². The standard InChI is InChI=1S/C11H14N4O2/c1-8-3-2-4-11(5-8,10(16)17)15-7-13-9(6-12)14-15/h7-8H,2-5H2,1H3,(H,16,17). The second kappa shape index (κ2) is 4.17. The zero-order valence-corrected chi connectivity index (χ0v) is 9.63. The van der Waals surface area contributed by atoms with E-state index >= 15 is 0 Å². The Morgan fingerprint density at radius 2 is 2.53 bits per heavy atom. The van der Waals surface area contributed by atoms with Crippen molar-refractivity contribution in [1.82, 2.24) is 14.8 Å². The molecule has 1 fully saturated rings.